The van der Waals surface area contributed by atoms with E-state index >= 15 is 0 Å². The summed E-state index contributed by atoms with van der Waals surface area (Å²) in [7, 11) is 0. The van der Waals surface area contributed by atoms with Gasteiger partial charge in [-0.15, -0.1) is 0 Å². The predicted molar refractivity (Wildman–Crippen MR) is 93.5 cm³/mol. The van der Waals surface area contributed by atoms with Crippen LogP contribution >= 0.6 is 15.9 Å². The largest absolute Gasteiger partial charge is 0.483 e. The smallest absolute Gasteiger partial charge is 0.262 e. The van der Waals surface area contributed by atoms with Gasteiger partial charge < -0.3 is 10.1 Å². The number of rotatable bonds is 5. The summed E-state index contributed by atoms with van der Waals surface area (Å²) in [5.41, 5.74) is 3.02. The minimum atomic E-state index is -0.165. The molecular weight excluding hydrogens is 342 g/mol. The first-order valence-corrected chi connectivity index (χ1v) is 8.04. The van der Waals surface area contributed by atoms with E-state index in [1.165, 1.54) is 0 Å². The molecule has 0 aliphatic carbocycles. The number of nitrogens with one attached hydrogen (secondary N) is 1. The lowest BCUT2D eigenvalue weighted by Crippen LogP contribution is -2.20. The van der Waals surface area contributed by atoms with E-state index in [4.69, 9.17) is 4.74 Å². The van der Waals surface area contributed by atoms with Crippen LogP contribution in [0.4, 0.5) is 5.69 Å². The Kier molecular flexibility index (Phi) is 5.61. The predicted octanol–water partition coefficient (Wildman–Crippen LogP) is 4.90. The molecule has 0 aliphatic rings. The highest BCUT2D eigenvalue weighted by Gasteiger charge is 2.10. The molecule has 4 heteroatoms. The molecule has 0 radical (unpaired) electrons. The fourth-order valence-corrected chi connectivity index (χ4v) is 2.46. The van der Waals surface area contributed by atoms with Gasteiger partial charge in [0.05, 0.1) is 0 Å². The standard InChI is InChI=1S/C18H20BrNO2/c1-12(2)16-10-14(19)6-9-17(16)22-11-18(21)20-15-7-4-13(3)5-8-15/h4-10,12H,11H2,1-3H3,(H,20,21). The van der Waals surface area contributed by atoms with Gasteiger partial charge in [0.15, 0.2) is 6.61 Å². The lowest BCUT2D eigenvalue weighted by Gasteiger charge is -2.14. The second kappa shape index (κ2) is 7.45. The zero-order chi connectivity index (χ0) is 16.1. The van der Waals surface area contributed by atoms with Gasteiger partial charge in [0.2, 0.25) is 0 Å². The van der Waals surface area contributed by atoms with Gasteiger partial charge >= 0.3 is 0 Å². The van der Waals surface area contributed by atoms with E-state index in [1.54, 1.807) is 0 Å². The number of amides is 1. The van der Waals surface area contributed by atoms with Crippen LogP contribution in [0, 0.1) is 6.92 Å². The van der Waals surface area contributed by atoms with Crippen molar-refractivity contribution in [2.24, 2.45) is 0 Å². The molecule has 22 heavy (non-hydrogen) atoms. The normalized spacial score (nSPS) is 10.6. The molecule has 1 N–H and O–H groups in total. The van der Waals surface area contributed by atoms with Crippen molar-refractivity contribution >= 4 is 27.5 Å². The number of hydrogen-bond acceptors (Lipinski definition) is 2. The molecule has 0 saturated heterocycles. The quantitative estimate of drug-likeness (QED) is 0.822. The summed E-state index contributed by atoms with van der Waals surface area (Å²) in [6.45, 7) is 6.20. The van der Waals surface area contributed by atoms with Crippen molar-refractivity contribution in [1.82, 2.24) is 0 Å². The topological polar surface area (TPSA) is 38.3 Å². The molecule has 0 aliphatic heterocycles. The molecule has 0 heterocycles. The number of ether oxygens (including phenoxy) is 1. The zero-order valence-corrected chi connectivity index (χ0v) is 14.6. The van der Waals surface area contributed by atoms with Crippen molar-refractivity contribution in [3.8, 4) is 5.75 Å². The number of benzene rings is 2. The van der Waals surface area contributed by atoms with E-state index in [0.717, 1.165) is 27.0 Å². The molecule has 0 atom stereocenters. The lowest BCUT2D eigenvalue weighted by atomic mass is 10.0. The van der Waals surface area contributed by atoms with Crippen LogP contribution in [-0.4, -0.2) is 12.5 Å². The van der Waals surface area contributed by atoms with Gasteiger partial charge in [0.25, 0.3) is 5.91 Å². The average molecular weight is 362 g/mol. The summed E-state index contributed by atoms with van der Waals surface area (Å²) in [5.74, 6) is 0.909. The minimum Gasteiger partial charge on any atom is -0.483 e. The van der Waals surface area contributed by atoms with Crippen LogP contribution in [0.5, 0.6) is 5.75 Å². The summed E-state index contributed by atoms with van der Waals surface area (Å²) in [4.78, 5) is 12.0. The van der Waals surface area contributed by atoms with Crippen LogP contribution < -0.4 is 10.1 Å². The second-order valence-corrected chi connectivity index (χ2v) is 6.46. The molecule has 0 bridgehead atoms. The SMILES string of the molecule is Cc1ccc(NC(=O)COc2ccc(Br)cc2C(C)C)cc1. The third kappa shape index (κ3) is 4.60. The molecule has 116 valence electrons. The first-order valence-electron chi connectivity index (χ1n) is 7.24. The Morgan fingerprint density at radius 3 is 2.50 bits per heavy atom. The van der Waals surface area contributed by atoms with Gasteiger partial charge in [-0.25, -0.2) is 0 Å². The van der Waals surface area contributed by atoms with E-state index in [0.29, 0.717) is 5.92 Å². The highest BCUT2D eigenvalue weighted by Crippen LogP contribution is 2.29. The first-order chi connectivity index (χ1) is 10.5. The molecule has 2 aromatic rings. The second-order valence-electron chi connectivity index (χ2n) is 5.54. The van der Waals surface area contributed by atoms with Gasteiger partial charge in [-0.1, -0.05) is 47.5 Å². The van der Waals surface area contributed by atoms with E-state index in [-0.39, 0.29) is 12.5 Å². The fraction of sp³-hybridized carbons (Fsp3) is 0.278. The first kappa shape index (κ1) is 16.6. The minimum absolute atomic E-state index is 0.00473. The summed E-state index contributed by atoms with van der Waals surface area (Å²) >= 11 is 3.46. The van der Waals surface area contributed by atoms with Crippen molar-refractivity contribution in [3.63, 3.8) is 0 Å². The molecule has 1 amide bonds. The van der Waals surface area contributed by atoms with E-state index in [1.807, 2.05) is 49.4 Å². The van der Waals surface area contributed by atoms with E-state index in [9.17, 15) is 4.79 Å². The monoisotopic (exact) mass is 361 g/mol. The average Bonchev–Trinajstić information content (AvgIpc) is 2.48. The van der Waals surface area contributed by atoms with Crippen LogP contribution in [0.1, 0.15) is 30.9 Å². The maximum absolute atomic E-state index is 12.0. The van der Waals surface area contributed by atoms with Gasteiger partial charge in [-0.05, 0) is 48.7 Å². The summed E-state index contributed by atoms with van der Waals surface area (Å²) in [6, 6.07) is 13.5. The number of carbonyl (C=O) groups excluding carboxylic acids is 1. The van der Waals surface area contributed by atoms with Crippen LogP contribution in [0.15, 0.2) is 46.9 Å². The highest BCUT2D eigenvalue weighted by molar-refractivity contribution is 9.10. The van der Waals surface area contributed by atoms with Crippen molar-refractivity contribution in [1.29, 1.82) is 0 Å². The Hall–Kier alpha value is -1.81. The Labute approximate surface area is 139 Å². The van der Waals surface area contributed by atoms with Crippen LogP contribution in [0.25, 0.3) is 0 Å². The van der Waals surface area contributed by atoms with Crippen molar-refractivity contribution < 1.29 is 9.53 Å². The molecule has 0 aromatic heterocycles. The molecule has 0 spiro atoms. The lowest BCUT2D eigenvalue weighted by molar-refractivity contribution is -0.118. The van der Waals surface area contributed by atoms with Gasteiger partial charge in [-0.3, -0.25) is 4.79 Å². The van der Waals surface area contributed by atoms with E-state index in [2.05, 4.69) is 35.1 Å². The maximum atomic E-state index is 12.0. The third-order valence-corrected chi connectivity index (χ3v) is 3.78. The van der Waals surface area contributed by atoms with Gasteiger partial charge in [0, 0.05) is 10.2 Å². The van der Waals surface area contributed by atoms with Crippen LogP contribution in [0.3, 0.4) is 0 Å². The Bertz CT molecular complexity index is 651. The van der Waals surface area contributed by atoms with Gasteiger partial charge in [-0.2, -0.15) is 0 Å². The molecule has 0 unspecified atom stereocenters. The molecule has 2 rings (SSSR count). The Morgan fingerprint density at radius 1 is 1.18 bits per heavy atom. The molecule has 2 aromatic carbocycles. The van der Waals surface area contributed by atoms with Crippen molar-refractivity contribution in [3.05, 3.63) is 58.1 Å². The summed E-state index contributed by atoms with van der Waals surface area (Å²) < 4.78 is 6.69. The molecule has 3 nitrogen and oxygen atoms in total. The van der Waals surface area contributed by atoms with Crippen LogP contribution in [-0.2, 0) is 4.79 Å². The Balaban J connectivity index is 1.98. The summed E-state index contributed by atoms with van der Waals surface area (Å²) in [6.07, 6.45) is 0. The molecular formula is C18H20BrNO2. The number of aryl methyl sites for hydroxylation is 1. The van der Waals surface area contributed by atoms with Crippen molar-refractivity contribution in [2.75, 3.05) is 11.9 Å². The number of halogens is 1. The fourth-order valence-electron chi connectivity index (χ4n) is 2.08. The summed E-state index contributed by atoms with van der Waals surface area (Å²) in [5, 5.41) is 2.83. The number of anilines is 1. The molecule has 0 fully saturated rings. The van der Waals surface area contributed by atoms with E-state index < -0.39 is 0 Å². The van der Waals surface area contributed by atoms with Crippen LogP contribution in [0.2, 0.25) is 0 Å². The maximum Gasteiger partial charge on any atom is 0.262 e. The third-order valence-electron chi connectivity index (χ3n) is 3.29. The number of hydrogen-bond donors (Lipinski definition) is 1. The highest BCUT2D eigenvalue weighted by atomic mass is 79.9. The Morgan fingerprint density at radius 2 is 1.86 bits per heavy atom. The van der Waals surface area contributed by atoms with Crippen molar-refractivity contribution in [2.45, 2.75) is 26.7 Å². The molecule has 0 saturated carbocycles. The van der Waals surface area contributed by atoms with Gasteiger partial charge in [0.1, 0.15) is 5.75 Å². The number of carbonyl (C=O) groups is 1. The zero-order valence-electron chi connectivity index (χ0n) is 13.0.